The molecule has 4 nitrogen and oxygen atoms in total. The highest BCUT2D eigenvalue weighted by Gasteiger charge is 2.30. The van der Waals surface area contributed by atoms with Gasteiger partial charge in [0.05, 0.1) is 12.7 Å². The molecule has 1 amide bonds. The predicted octanol–water partition coefficient (Wildman–Crippen LogP) is 2.66. The number of hydrogen-bond donors (Lipinski definition) is 1. The van der Waals surface area contributed by atoms with Gasteiger partial charge < -0.3 is 14.7 Å². The first-order chi connectivity index (χ1) is 9.04. The lowest BCUT2D eigenvalue weighted by atomic mass is 9.91. The topological polar surface area (TPSA) is 49.8 Å². The Morgan fingerprint density at radius 2 is 2.16 bits per heavy atom. The summed E-state index contributed by atoms with van der Waals surface area (Å²) < 4.78 is 5.11. The second-order valence-corrected chi connectivity index (χ2v) is 5.24. The number of piperidine rings is 1. The molecule has 2 unspecified atom stereocenters. The summed E-state index contributed by atoms with van der Waals surface area (Å²) in [7, 11) is 1.55. The maximum absolute atomic E-state index is 12.6. The van der Waals surface area contributed by atoms with Crippen LogP contribution in [0.1, 0.15) is 37.0 Å². The molecule has 1 saturated heterocycles. The fourth-order valence-electron chi connectivity index (χ4n) is 2.59. The van der Waals surface area contributed by atoms with Crippen LogP contribution in [0, 0.1) is 5.92 Å². The summed E-state index contributed by atoms with van der Waals surface area (Å²) in [5, 5.41) is 9.88. The summed E-state index contributed by atoms with van der Waals surface area (Å²) in [6.45, 7) is 4.98. The van der Waals surface area contributed by atoms with E-state index in [1.54, 1.807) is 19.2 Å². The number of phenolic OH excluding ortho intramolecular Hbond substituents is 1. The van der Waals surface area contributed by atoms with Gasteiger partial charge in [0.25, 0.3) is 5.91 Å². The Balaban J connectivity index is 2.28. The maximum Gasteiger partial charge on any atom is 0.257 e. The first-order valence-electron chi connectivity index (χ1n) is 6.72. The number of methoxy groups -OCH3 is 1. The minimum atomic E-state index is -0.115. The van der Waals surface area contributed by atoms with Gasteiger partial charge in [0.1, 0.15) is 11.5 Å². The molecule has 104 valence electrons. The molecule has 2 atom stereocenters. The number of aromatic hydroxyl groups is 1. The summed E-state index contributed by atoms with van der Waals surface area (Å²) in [5.74, 6) is 0.969. The first kappa shape index (κ1) is 13.7. The quantitative estimate of drug-likeness (QED) is 0.892. The standard InChI is InChI=1S/C15H21NO3/c1-10-5-4-8-16(11(10)2)15(18)13-9-12(19-3)6-7-14(13)17/h6-7,9-11,17H,4-5,8H2,1-3H3. The third-order valence-corrected chi connectivity index (χ3v) is 4.07. The number of ether oxygens (including phenoxy) is 1. The molecule has 1 fully saturated rings. The zero-order valence-corrected chi connectivity index (χ0v) is 11.7. The Bertz CT molecular complexity index is 472. The summed E-state index contributed by atoms with van der Waals surface area (Å²) >= 11 is 0. The minimum absolute atomic E-state index is 0.0104. The second-order valence-electron chi connectivity index (χ2n) is 5.24. The van der Waals surface area contributed by atoms with Gasteiger partial charge in [-0.3, -0.25) is 4.79 Å². The summed E-state index contributed by atoms with van der Waals surface area (Å²) in [6, 6.07) is 4.95. The average Bonchev–Trinajstić information content (AvgIpc) is 2.42. The van der Waals surface area contributed by atoms with Crippen LogP contribution in [0.4, 0.5) is 0 Å². The van der Waals surface area contributed by atoms with E-state index in [2.05, 4.69) is 13.8 Å². The molecule has 1 N–H and O–H groups in total. The van der Waals surface area contributed by atoms with E-state index >= 15 is 0 Å². The van der Waals surface area contributed by atoms with Gasteiger partial charge in [0.15, 0.2) is 0 Å². The van der Waals surface area contributed by atoms with Crippen LogP contribution >= 0.6 is 0 Å². The average molecular weight is 263 g/mol. The van der Waals surface area contributed by atoms with E-state index in [4.69, 9.17) is 4.74 Å². The van der Waals surface area contributed by atoms with Gasteiger partial charge in [-0.05, 0) is 43.9 Å². The fraction of sp³-hybridized carbons (Fsp3) is 0.533. The molecular weight excluding hydrogens is 242 g/mol. The number of nitrogens with zero attached hydrogens (tertiary/aromatic N) is 1. The van der Waals surface area contributed by atoms with E-state index in [0.29, 0.717) is 17.2 Å². The largest absolute Gasteiger partial charge is 0.507 e. The van der Waals surface area contributed by atoms with Crippen LogP contribution in [-0.4, -0.2) is 35.6 Å². The highest BCUT2D eigenvalue weighted by Crippen LogP contribution is 2.29. The molecule has 19 heavy (non-hydrogen) atoms. The van der Waals surface area contributed by atoms with Crippen molar-refractivity contribution in [2.24, 2.45) is 5.92 Å². The van der Waals surface area contributed by atoms with Crippen LogP contribution < -0.4 is 4.74 Å². The lowest BCUT2D eigenvalue weighted by Gasteiger charge is -2.38. The molecule has 4 heteroatoms. The van der Waals surface area contributed by atoms with Crippen molar-refractivity contribution >= 4 is 5.91 Å². The van der Waals surface area contributed by atoms with Gasteiger partial charge in [-0.15, -0.1) is 0 Å². The SMILES string of the molecule is COc1ccc(O)c(C(=O)N2CCCC(C)C2C)c1. The van der Waals surface area contributed by atoms with Gasteiger partial charge in [0.2, 0.25) is 0 Å². The van der Waals surface area contributed by atoms with Gasteiger partial charge >= 0.3 is 0 Å². The summed E-state index contributed by atoms with van der Waals surface area (Å²) in [6.07, 6.45) is 2.16. The van der Waals surface area contributed by atoms with Gasteiger partial charge in [-0.25, -0.2) is 0 Å². The Morgan fingerprint density at radius 3 is 2.84 bits per heavy atom. The Labute approximate surface area is 114 Å². The van der Waals surface area contributed by atoms with Crippen molar-refractivity contribution in [1.82, 2.24) is 4.90 Å². The molecule has 1 heterocycles. The van der Waals surface area contributed by atoms with Crippen molar-refractivity contribution in [3.05, 3.63) is 23.8 Å². The van der Waals surface area contributed by atoms with E-state index in [1.807, 2.05) is 4.90 Å². The van der Waals surface area contributed by atoms with Crippen LogP contribution in [0.25, 0.3) is 0 Å². The van der Waals surface area contributed by atoms with Crippen molar-refractivity contribution < 1.29 is 14.6 Å². The predicted molar refractivity (Wildman–Crippen MR) is 73.6 cm³/mol. The molecule has 1 aromatic rings. The van der Waals surface area contributed by atoms with Crippen LogP contribution in [0.2, 0.25) is 0 Å². The van der Waals surface area contributed by atoms with E-state index < -0.39 is 0 Å². The van der Waals surface area contributed by atoms with E-state index in [-0.39, 0.29) is 17.7 Å². The summed E-state index contributed by atoms with van der Waals surface area (Å²) in [5.41, 5.74) is 0.320. The second kappa shape index (κ2) is 5.51. The molecule has 2 rings (SSSR count). The summed E-state index contributed by atoms with van der Waals surface area (Å²) in [4.78, 5) is 14.4. The number of carbonyl (C=O) groups excluding carboxylic acids is 1. The minimum Gasteiger partial charge on any atom is -0.507 e. The molecular formula is C15H21NO3. The number of hydrogen-bond acceptors (Lipinski definition) is 3. The lowest BCUT2D eigenvalue weighted by Crippen LogP contribution is -2.46. The lowest BCUT2D eigenvalue weighted by molar-refractivity contribution is 0.0547. The molecule has 1 aliphatic rings. The number of phenols is 1. The van der Waals surface area contributed by atoms with Crippen molar-refractivity contribution in [1.29, 1.82) is 0 Å². The van der Waals surface area contributed by atoms with Gasteiger partial charge in [-0.1, -0.05) is 6.92 Å². The normalized spacial score (nSPS) is 23.2. The molecule has 0 bridgehead atoms. The Morgan fingerprint density at radius 1 is 1.42 bits per heavy atom. The van der Waals surface area contributed by atoms with Crippen molar-refractivity contribution in [3.8, 4) is 11.5 Å². The molecule has 1 aliphatic heterocycles. The van der Waals surface area contributed by atoms with E-state index in [1.165, 1.54) is 6.07 Å². The molecule has 0 aromatic heterocycles. The van der Waals surface area contributed by atoms with Crippen molar-refractivity contribution in [2.75, 3.05) is 13.7 Å². The zero-order valence-electron chi connectivity index (χ0n) is 11.7. The number of rotatable bonds is 2. The third-order valence-electron chi connectivity index (χ3n) is 4.07. The number of carbonyl (C=O) groups is 1. The molecule has 0 aliphatic carbocycles. The zero-order chi connectivity index (χ0) is 14.0. The monoisotopic (exact) mass is 263 g/mol. The number of likely N-dealkylation sites (tertiary alicyclic amines) is 1. The van der Waals surface area contributed by atoms with Crippen LogP contribution in [0.5, 0.6) is 11.5 Å². The van der Waals surface area contributed by atoms with Gasteiger partial charge in [-0.2, -0.15) is 0 Å². The van der Waals surface area contributed by atoms with Crippen LogP contribution in [0.15, 0.2) is 18.2 Å². The molecule has 1 aromatic carbocycles. The van der Waals surface area contributed by atoms with Gasteiger partial charge in [0, 0.05) is 12.6 Å². The molecule has 0 saturated carbocycles. The Kier molecular flexibility index (Phi) is 3.98. The maximum atomic E-state index is 12.6. The fourth-order valence-corrected chi connectivity index (χ4v) is 2.59. The smallest absolute Gasteiger partial charge is 0.257 e. The Hall–Kier alpha value is -1.71. The highest BCUT2D eigenvalue weighted by molar-refractivity contribution is 5.97. The number of amides is 1. The van der Waals surface area contributed by atoms with E-state index in [0.717, 1.165) is 19.4 Å². The van der Waals surface area contributed by atoms with E-state index in [9.17, 15) is 9.90 Å². The van der Waals surface area contributed by atoms with Crippen LogP contribution in [0.3, 0.4) is 0 Å². The first-order valence-corrected chi connectivity index (χ1v) is 6.72. The van der Waals surface area contributed by atoms with Crippen molar-refractivity contribution in [2.45, 2.75) is 32.7 Å². The van der Waals surface area contributed by atoms with Crippen LogP contribution in [-0.2, 0) is 0 Å². The number of benzene rings is 1. The molecule has 0 radical (unpaired) electrons. The molecule has 0 spiro atoms. The van der Waals surface area contributed by atoms with Crippen molar-refractivity contribution in [3.63, 3.8) is 0 Å². The third kappa shape index (κ3) is 2.67. The highest BCUT2D eigenvalue weighted by atomic mass is 16.5.